The zero-order valence-corrected chi connectivity index (χ0v) is 13.6. The van der Waals surface area contributed by atoms with E-state index in [0.29, 0.717) is 18.7 Å². The maximum absolute atomic E-state index is 12.6. The van der Waals surface area contributed by atoms with Crippen molar-refractivity contribution in [2.45, 2.75) is 12.0 Å². The van der Waals surface area contributed by atoms with E-state index in [0.717, 1.165) is 50.4 Å². The highest BCUT2D eigenvalue weighted by molar-refractivity contribution is 5.97. The van der Waals surface area contributed by atoms with E-state index in [-0.39, 0.29) is 11.4 Å². The smallest absolute Gasteiger partial charge is 0.251 e. The monoisotopic (exact) mass is 330 g/mol. The lowest BCUT2D eigenvalue weighted by molar-refractivity contribution is -0.0250. The summed E-state index contributed by atoms with van der Waals surface area (Å²) in [7, 11) is 0. The van der Waals surface area contributed by atoms with Crippen molar-refractivity contribution in [3.63, 3.8) is 0 Å². The molecule has 1 aromatic carbocycles. The van der Waals surface area contributed by atoms with Crippen molar-refractivity contribution in [1.82, 2.24) is 20.2 Å². The number of morpholine rings is 1. The molecule has 7 heteroatoms. The van der Waals surface area contributed by atoms with E-state index in [1.807, 2.05) is 18.2 Å². The van der Waals surface area contributed by atoms with Gasteiger partial charge in [-0.05, 0) is 24.6 Å². The van der Waals surface area contributed by atoms with Gasteiger partial charge in [0.1, 0.15) is 0 Å². The van der Waals surface area contributed by atoms with E-state index in [1.165, 1.54) is 0 Å². The Morgan fingerprint density at radius 1 is 1.29 bits per heavy atom. The number of nitrogens with one attached hydrogen (secondary N) is 2. The van der Waals surface area contributed by atoms with Crippen LogP contribution in [0.1, 0.15) is 16.8 Å². The molecule has 1 unspecified atom stereocenters. The molecule has 4 rings (SSSR count). The maximum Gasteiger partial charge on any atom is 0.251 e. The molecule has 1 atom stereocenters. The molecule has 0 aliphatic carbocycles. The van der Waals surface area contributed by atoms with Crippen molar-refractivity contribution in [3.8, 4) is 0 Å². The second kappa shape index (κ2) is 6.51. The standard InChI is InChI=1S/C17H22N4O3/c22-16(13-1-2-14-15(9-13)20-12-19-14)18-10-17(3-6-24-11-17)21-4-7-23-8-5-21/h1-2,9,12H,3-8,10-11H2,(H,18,22)(H,19,20). The summed E-state index contributed by atoms with van der Waals surface area (Å²) in [4.78, 5) is 22.2. The fourth-order valence-electron chi connectivity index (χ4n) is 3.56. The quantitative estimate of drug-likeness (QED) is 0.866. The number of aromatic nitrogens is 2. The average molecular weight is 330 g/mol. The van der Waals surface area contributed by atoms with E-state index in [1.54, 1.807) is 6.33 Å². The van der Waals surface area contributed by atoms with Crippen molar-refractivity contribution in [3.05, 3.63) is 30.1 Å². The molecule has 1 aromatic heterocycles. The van der Waals surface area contributed by atoms with Gasteiger partial charge in [0.05, 0.1) is 42.7 Å². The molecule has 2 aliphatic heterocycles. The van der Waals surface area contributed by atoms with Crippen LogP contribution < -0.4 is 5.32 Å². The second-order valence-corrected chi connectivity index (χ2v) is 6.44. The molecule has 2 fully saturated rings. The first-order valence-corrected chi connectivity index (χ1v) is 8.39. The molecule has 1 amide bonds. The van der Waals surface area contributed by atoms with E-state index in [9.17, 15) is 4.79 Å². The average Bonchev–Trinajstić information content (AvgIpc) is 3.30. The zero-order valence-electron chi connectivity index (χ0n) is 13.6. The summed E-state index contributed by atoms with van der Waals surface area (Å²) in [5.74, 6) is -0.0639. The van der Waals surface area contributed by atoms with E-state index >= 15 is 0 Å². The van der Waals surface area contributed by atoms with Gasteiger partial charge in [0.2, 0.25) is 0 Å². The molecule has 128 valence electrons. The van der Waals surface area contributed by atoms with E-state index in [2.05, 4.69) is 20.2 Å². The summed E-state index contributed by atoms with van der Waals surface area (Å²) in [6, 6.07) is 5.51. The number of ether oxygens (including phenoxy) is 2. The van der Waals surface area contributed by atoms with Crippen molar-refractivity contribution in [2.75, 3.05) is 46.1 Å². The normalized spacial score (nSPS) is 25.2. The molecule has 0 radical (unpaired) electrons. The predicted octanol–water partition coefficient (Wildman–Crippen LogP) is 0.784. The number of fused-ring (bicyclic) bond motifs is 1. The number of H-pyrrole nitrogens is 1. The van der Waals surface area contributed by atoms with Crippen LogP contribution in [0.25, 0.3) is 11.0 Å². The Bertz CT molecular complexity index is 717. The number of hydrogen-bond acceptors (Lipinski definition) is 5. The number of benzene rings is 1. The van der Waals surface area contributed by atoms with Crippen LogP contribution in [0.4, 0.5) is 0 Å². The number of carbonyl (C=O) groups excluding carboxylic acids is 1. The van der Waals surface area contributed by atoms with Crippen LogP contribution in [0.2, 0.25) is 0 Å². The first-order valence-electron chi connectivity index (χ1n) is 8.39. The first kappa shape index (κ1) is 15.6. The number of imidazole rings is 1. The molecule has 2 N–H and O–H groups in total. The Morgan fingerprint density at radius 2 is 2.17 bits per heavy atom. The third kappa shape index (κ3) is 2.90. The van der Waals surface area contributed by atoms with Crippen LogP contribution in [-0.2, 0) is 9.47 Å². The molecular formula is C17H22N4O3. The lowest BCUT2D eigenvalue weighted by Crippen LogP contribution is -2.59. The Balaban J connectivity index is 1.46. The van der Waals surface area contributed by atoms with Gasteiger partial charge in [-0.15, -0.1) is 0 Å². The highest BCUT2D eigenvalue weighted by atomic mass is 16.5. The van der Waals surface area contributed by atoms with Gasteiger partial charge in [0, 0.05) is 31.8 Å². The van der Waals surface area contributed by atoms with E-state index in [4.69, 9.17) is 9.47 Å². The number of rotatable bonds is 4. The van der Waals surface area contributed by atoms with Gasteiger partial charge in [-0.3, -0.25) is 9.69 Å². The van der Waals surface area contributed by atoms with Crippen molar-refractivity contribution >= 4 is 16.9 Å². The van der Waals surface area contributed by atoms with Crippen LogP contribution in [-0.4, -0.2) is 72.4 Å². The highest BCUT2D eigenvalue weighted by Gasteiger charge is 2.41. The van der Waals surface area contributed by atoms with Crippen molar-refractivity contribution in [2.24, 2.45) is 0 Å². The predicted molar refractivity (Wildman–Crippen MR) is 89.0 cm³/mol. The van der Waals surface area contributed by atoms with Gasteiger partial charge >= 0.3 is 0 Å². The van der Waals surface area contributed by atoms with Gasteiger partial charge in [-0.1, -0.05) is 0 Å². The Morgan fingerprint density at radius 3 is 2.96 bits per heavy atom. The molecule has 2 aromatic rings. The lowest BCUT2D eigenvalue weighted by Gasteiger charge is -2.42. The summed E-state index contributed by atoms with van der Waals surface area (Å²) in [6.45, 7) is 5.25. The molecule has 0 saturated carbocycles. The number of nitrogens with zero attached hydrogens (tertiary/aromatic N) is 2. The molecule has 7 nitrogen and oxygen atoms in total. The van der Waals surface area contributed by atoms with Crippen molar-refractivity contribution < 1.29 is 14.3 Å². The molecule has 2 aliphatic rings. The Labute approximate surface area is 140 Å². The summed E-state index contributed by atoms with van der Waals surface area (Å²) in [6.07, 6.45) is 2.57. The van der Waals surface area contributed by atoms with Crippen molar-refractivity contribution in [1.29, 1.82) is 0 Å². The molecule has 2 saturated heterocycles. The van der Waals surface area contributed by atoms with Crippen LogP contribution in [0, 0.1) is 0 Å². The molecule has 3 heterocycles. The molecule has 0 bridgehead atoms. The fourth-order valence-corrected chi connectivity index (χ4v) is 3.56. The summed E-state index contributed by atoms with van der Waals surface area (Å²) < 4.78 is 11.1. The molecule has 0 spiro atoms. The maximum atomic E-state index is 12.6. The van der Waals surface area contributed by atoms with Crippen LogP contribution in [0.3, 0.4) is 0 Å². The number of hydrogen-bond donors (Lipinski definition) is 2. The summed E-state index contributed by atoms with van der Waals surface area (Å²) >= 11 is 0. The third-order valence-corrected chi connectivity index (χ3v) is 5.02. The van der Waals surface area contributed by atoms with Crippen LogP contribution >= 0.6 is 0 Å². The van der Waals surface area contributed by atoms with Gasteiger partial charge < -0.3 is 19.8 Å². The number of aromatic amines is 1. The Hall–Kier alpha value is -1.96. The SMILES string of the molecule is O=C(NCC1(N2CCOCC2)CCOC1)c1ccc2nc[nH]c2c1. The minimum Gasteiger partial charge on any atom is -0.379 e. The number of amides is 1. The van der Waals surface area contributed by atoms with Gasteiger partial charge in [0.25, 0.3) is 5.91 Å². The fraction of sp³-hybridized carbons (Fsp3) is 0.529. The van der Waals surface area contributed by atoms with Gasteiger partial charge in [0.15, 0.2) is 0 Å². The highest BCUT2D eigenvalue weighted by Crippen LogP contribution is 2.26. The summed E-state index contributed by atoms with van der Waals surface area (Å²) in [5.41, 5.74) is 2.26. The second-order valence-electron chi connectivity index (χ2n) is 6.44. The third-order valence-electron chi connectivity index (χ3n) is 5.02. The topological polar surface area (TPSA) is 79.5 Å². The van der Waals surface area contributed by atoms with Gasteiger partial charge in [-0.25, -0.2) is 4.98 Å². The minimum atomic E-state index is -0.114. The van der Waals surface area contributed by atoms with Crippen LogP contribution in [0.5, 0.6) is 0 Å². The molecular weight excluding hydrogens is 308 g/mol. The Kier molecular flexibility index (Phi) is 4.22. The minimum absolute atomic E-state index is 0.0639. The van der Waals surface area contributed by atoms with Crippen LogP contribution in [0.15, 0.2) is 24.5 Å². The number of carbonyl (C=O) groups is 1. The lowest BCUT2D eigenvalue weighted by atomic mass is 9.95. The zero-order chi connectivity index (χ0) is 16.4. The summed E-state index contributed by atoms with van der Waals surface area (Å²) in [5, 5.41) is 3.10. The van der Waals surface area contributed by atoms with E-state index < -0.39 is 0 Å². The largest absolute Gasteiger partial charge is 0.379 e. The first-order chi connectivity index (χ1) is 11.8. The molecule has 24 heavy (non-hydrogen) atoms. The van der Waals surface area contributed by atoms with Gasteiger partial charge in [-0.2, -0.15) is 0 Å².